The van der Waals surface area contributed by atoms with Crippen molar-refractivity contribution in [2.75, 3.05) is 26.6 Å². The third kappa shape index (κ3) is 5.15. The van der Waals surface area contributed by atoms with E-state index >= 15 is 0 Å². The van der Waals surface area contributed by atoms with E-state index in [0.717, 1.165) is 0 Å². The number of ether oxygens (including phenoxy) is 6. The monoisotopic (exact) mass is 320 g/mol. The van der Waals surface area contributed by atoms with Gasteiger partial charge in [-0.2, -0.15) is 0 Å². The summed E-state index contributed by atoms with van der Waals surface area (Å²) >= 11 is 0. The zero-order valence-electron chi connectivity index (χ0n) is 13.1. The predicted molar refractivity (Wildman–Crippen MR) is 73.5 cm³/mol. The molecule has 128 valence electrons. The Bertz CT molecular complexity index is 324. The van der Waals surface area contributed by atoms with E-state index in [-0.39, 0.29) is 6.61 Å². The molecule has 1 N–H and O–H groups in total. The first-order valence-corrected chi connectivity index (χ1v) is 7.18. The second kappa shape index (κ2) is 10.1. The van der Waals surface area contributed by atoms with E-state index in [2.05, 4.69) is 0 Å². The zero-order chi connectivity index (χ0) is 16.5. The fourth-order valence-corrected chi connectivity index (χ4v) is 2.32. The number of aliphatic hydroxyl groups excluding tert-OH is 1. The van der Waals surface area contributed by atoms with Crippen LogP contribution < -0.4 is 0 Å². The highest BCUT2D eigenvalue weighted by molar-refractivity contribution is 5.65. The van der Waals surface area contributed by atoms with Crippen molar-refractivity contribution in [2.24, 2.45) is 0 Å². The molecule has 0 aromatic carbocycles. The molecule has 0 amide bonds. The Labute approximate surface area is 130 Å². The summed E-state index contributed by atoms with van der Waals surface area (Å²) in [5, 5.41) is 9.06. The third-order valence-electron chi connectivity index (χ3n) is 3.16. The third-order valence-corrected chi connectivity index (χ3v) is 3.16. The molecule has 0 saturated carbocycles. The lowest BCUT2D eigenvalue weighted by Gasteiger charge is -2.44. The smallest absolute Gasteiger partial charge is 0.302 e. The molecule has 0 bridgehead atoms. The van der Waals surface area contributed by atoms with Crippen molar-refractivity contribution in [3.8, 4) is 0 Å². The summed E-state index contributed by atoms with van der Waals surface area (Å²) < 4.78 is 32.0. The van der Waals surface area contributed by atoms with Crippen molar-refractivity contribution in [3.63, 3.8) is 0 Å². The van der Waals surface area contributed by atoms with Crippen LogP contribution >= 0.6 is 0 Å². The zero-order valence-corrected chi connectivity index (χ0v) is 13.1. The molecule has 1 aliphatic rings. The quantitative estimate of drug-likeness (QED) is 0.472. The number of hydrogen-bond donors (Lipinski definition) is 1. The van der Waals surface area contributed by atoms with Crippen LogP contribution in [0.5, 0.6) is 0 Å². The van der Waals surface area contributed by atoms with E-state index in [0.29, 0.717) is 13.2 Å². The number of carbonyl (C=O) groups is 1. The van der Waals surface area contributed by atoms with Gasteiger partial charge in [0.05, 0.1) is 0 Å². The Kier molecular flexibility index (Phi) is 8.84. The minimum Gasteiger partial charge on any atom is -0.463 e. The summed E-state index contributed by atoms with van der Waals surface area (Å²) in [7, 11) is 5.36. The summed E-state index contributed by atoms with van der Waals surface area (Å²) in [6, 6.07) is 0. The highest BCUT2D eigenvalue weighted by Crippen LogP contribution is 2.29. The molecule has 0 aliphatic carbocycles. The van der Waals surface area contributed by atoms with E-state index in [1.165, 1.54) is 6.92 Å². The van der Waals surface area contributed by atoms with Gasteiger partial charge in [0.2, 0.25) is 0 Å². The maximum Gasteiger partial charge on any atom is 0.302 e. The van der Waals surface area contributed by atoms with Crippen LogP contribution in [-0.2, 0) is 33.2 Å². The summed E-state index contributed by atoms with van der Waals surface area (Å²) in [5.74, 6) is -0.462. The van der Waals surface area contributed by atoms with Crippen molar-refractivity contribution in [3.05, 3.63) is 7.11 Å². The van der Waals surface area contributed by atoms with E-state index in [1.807, 2.05) is 13.8 Å². The van der Waals surface area contributed by atoms with Gasteiger partial charge in [0.25, 0.3) is 0 Å². The summed E-state index contributed by atoms with van der Waals surface area (Å²) in [5.41, 5.74) is 0. The van der Waals surface area contributed by atoms with Crippen LogP contribution in [0.2, 0.25) is 0 Å². The molecule has 1 heterocycles. The normalized spacial score (nSPS) is 32.0. The second-order valence-corrected chi connectivity index (χ2v) is 4.58. The molecule has 0 aromatic heterocycles. The Hall–Kier alpha value is -0.770. The van der Waals surface area contributed by atoms with Crippen LogP contribution in [0, 0.1) is 7.11 Å². The van der Waals surface area contributed by atoms with Crippen LogP contribution in [0.3, 0.4) is 0 Å². The van der Waals surface area contributed by atoms with E-state index in [4.69, 9.17) is 40.6 Å². The molecule has 1 aliphatic heterocycles. The van der Waals surface area contributed by atoms with Crippen LogP contribution in [0.4, 0.5) is 0 Å². The Morgan fingerprint density at radius 2 is 1.82 bits per heavy atom. The van der Waals surface area contributed by atoms with Gasteiger partial charge < -0.3 is 33.5 Å². The number of rotatable bonds is 9. The van der Waals surface area contributed by atoms with Crippen LogP contribution in [0.1, 0.15) is 20.8 Å². The highest BCUT2D eigenvalue weighted by atomic mass is 16.7. The molecule has 1 fully saturated rings. The molecular formula is C14H24O8. The second-order valence-electron chi connectivity index (χ2n) is 4.58. The largest absolute Gasteiger partial charge is 0.463 e. The van der Waals surface area contributed by atoms with Crippen LogP contribution in [0.15, 0.2) is 0 Å². The summed E-state index contributed by atoms with van der Waals surface area (Å²) in [4.78, 5) is 11.0. The molecule has 1 saturated heterocycles. The van der Waals surface area contributed by atoms with Crippen molar-refractivity contribution >= 4 is 5.97 Å². The van der Waals surface area contributed by atoms with E-state index < -0.39 is 43.5 Å². The molecule has 5 unspecified atom stereocenters. The van der Waals surface area contributed by atoms with Gasteiger partial charge in [0.15, 0.2) is 6.29 Å². The van der Waals surface area contributed by atoms with Gasteiger partial charge in [-0.3, -0.25) is 4.79 Å². The van der Waals surface area contributed by atoms with Crippen molar-refractivity contribution in [2.45, 2.75) is 51.5 Å². The average molecular weight is 320 g/mol. The highest BCUT2D eigenvalue weighted by Gasteiger charge is 2.48. The lowest BCUT2D eigenvalue weighted by molar-refractivity contribution is -0.321. The number of hydrogen-bond acceptors (Lipinski definition) is 8. The molecule has 0 spiro atoms. The number of aliphatic hydroxyl groups is 1. The first-order valence-electron chi connectivity index (χ1n) is 7.18. The Balaban J connectivity index is 2.92. The van der Waals surface area contributed by atoms with Crippen LogP contribution in [-0.4, -0.2) is 68.4 Å². The molecule has 22 heavy (non-hydrogen) atoms. The van der Waals surface area contributed by atoms with Gasteiger partial charge in [-0.15, -0.1) is 0 Å². The van der Waals surface area contributed by atoms with Crippen molar-refractivity contribution < 1.29 is 38.3 Å². The van der Waals surface area contributed by atoms with Gasteiger partial charge in [-0.1, -0.05) is 0 Å². The van der Waals surface area contributed by atoms with Gasteiger partial charge in [0, 0.05) is 20.1 Å². The molecule has 1 rings (SSSR count). The first-order chi connectivity index (χ1) is 10.6. The van der Waals surface area contributed by atoms with Crippen LogP contribution in [0.25, 0.3) is 0 Å². The summed E-state index contributed by atoms with van der Waals surface area (Å²) in [6.07, 6.45) is -3.63. The predicted octanol–water partition coefficient (Wildman–Crippen LogP) is 0.105. The molecule has 0 aromatic rings. The average Bonchev–Trinajstić information content (AvgIpc) is 2.49. The van der Waals surface area contributed by atoms with Gasteiger partial charge in [0.1, 0.15) is 44.9 Å². The van der Waals surface area contributed by atoms with Gasteiger partial charge in [-0.25, -0.2) is 0 Å². The maximum absolute atomic E-state index is 11.0. The maximum atomic E-state index is 11.0. The van der Waals surface area contributed by atoms with E-state index in [9.17, 15) is 4.79 Å². The molecular weight excluding hydrogens is 296 g/mol. The van der Waals surface area contributed by atoms with Gasteiger partial charge >= 0.3 is 5.97 Å². The lowest BCUT2D eigenvalue weighted by Crippen LogP contribution is -2.61. The topological polar surface area (TPSA) is 92.7 Å². The molecule has 8 nitrogen and oxygen atoms in total. The Morgan fingerprint density at radius 3 is 2.32 bits per heavy atom. The SMILES string of the molecule is [CH]OC1C(OCO)C(COC(C)=O)OC(OCC)C1OCC. The standard InChI is InChI=1S/C14H24O8/c1-5-18-13-12(17-4)11(21-8-15)10(7-20-9(3)16)22-14(13)19-6-2/h4,10-15H,5-8H2,1-3H3. The van der Waals surface area contributed by atoms with Crippen molar-refractivity contribution in [1.29, 1.82) is 0 Å². The molecule has 8 heteroatoms. The fraction of sp³-hybridized carbons (Fsp3) is 0.857. The minimum atomic E-state index is -0.775. The molecule has 5 atom stereocenters. The fourth-order valence-electron chi connectivity index (χ4n) is 2.32. The van der Waals surface area contributed by atoms with Gasteiger partial charge in [-0.05, 0) is 13.8 Å². The minimum absolute atomic E-state index is 0.0811. The number of esters is 1. The molecule has 2 radical (unpaired) electrons. The summed E-state index contributed by atoms with van der Waals surface area (Å²) in [6.45, 7) is 5.02. The van der Waals surface area contributed by atoms with Crippen molar-refractivity contribution in [1.82, 2.24) is 0 Å². The Morgan fingerprint density at radius 1 is 1.14 bits per heavy atom. The lowest BCUT2D eigenvalue weighted by atomic mass is 9.98. The van der Waals surface area contributed by atoms with E-state index in [1.54, 1.807) is 0 Å². The first kappa shape index (κ1) is 19.3. The number of carbonyl (C=O) groups excluding carboxylic acids is 1.